The van der Waals surface area contributed by atoms with E-state index in [0.29, 0.717) is 19.5 Å². The molecule has 3 aliphatic carbocycles. The van der Waals surface area contributed by atoms with Gasteiger partial charge in [-0.05, 0) is 44.3 Å². The van der Waals surface area contributed by atoms with Crippen LogP contribution in [0.1, 0.15) is 41.0 Å². The first-order valence-corrected chi connectivity index (χ1v) is 9.72. The van der Waals surface area contributed by atoms with Gasteiger partial charge in [0, 0.05) is 20.0 Å². The number of hydrogen-bond donors (Lipinski definition) is 0. The molecule has 0 spiro atoms. The molecule has 1 heterocycles. The summed E-state index contributed by atoms with van der Waals surface area (Å²) in [5.74, 6) is -1.36. The summed E-state index contributed by atoms with van der Waals surface area (Å²) in [5, 5.41) is 0. The largest absolute Gasteiger partial charge is 0.454 e. The number of carbonyl (C=O) groups excluding carboxylic acids is 3. The predicted molar refractivity (Wildman–Crippen MR) is 97.0 cm³/mol. The highest BCUT2D eigenvalue weighted by atomic mass is 16.6. The highest BCUT2D eigenvalue weighted by molar-refractivity contribution is 6.07. The fraction of sp³-hybridized carbons (Fsp3) is 0.750. The molecule has 0 aromatic heterocycles. The molecular formula is C20H30N2O4. The Balaban J connectivity index is 1.93. The first-order valence-electron chi connectivity index (χ1n) is 9.72. The maximum Gasteiger partial charge on any atom is 0.303 e. The third-order valence-electron chi connectivity index (χ3n) is 6.48. The number of amides is 2. The lowest BCUT2D eigenvalue weighted by Crippen LogP contribution is -2.57. The number of likely N-dealkylation sites (N-methyl/N-ethyl adjacent to an activating group) is 1. The molecule has 2 bridgehead atoms. The zero-order valence-electron chi connectivity index (χ0n) is 16.4. The van der Waals surface area contributed by atoms with Gasteiger partial charge in [-0.15, -0.1) is 0 Å². The van der Waals surface area contributed by atoms with Gasteiger partial charge < -0.3 is 9.64 Å². The van der Waals surface area contributed by atoms with Crippen LogP contribution >= 0.6 is 0 Å². The molecule has 144 valence electrons. The number of imide groups is 1. The van der Waals surface area contributed by atoms with Crippen LogP contribution in [-0.2, 0) is 19.1 Å². The number of allylic oxidation sites excluding steroid dienone is 1. The van der Waals surface area contributed by atoms with E-state index in [1.165, 1.54) is 11.8 Å². The second kappa shape index (κ2) is 6.80. The van der Waals surface area contributed by atoms with Crippen molar-refractivity contribution in [1.29, 1.82) is 0 Å². The molecule has 6 nitrogen and oxygen atoms in total. The number of fused-ring (bicyclic) bond motifs is 1. The van der Waals surface area contributed by atoms with Crippen molar-refractivity contribution >= 4 is 17.8 Å². The van der Waals surface area contributed by atoms with Crippen LogP contribution in [0.2, 0.25) is 0 Å². The van der Waals surface area contributed by atoms with E-state index in [9.17, 15) is 14.4 Å². The average Bonchev–Trinajstić information content (AvgIpc) is 2.80. The molecule has 0 radical (unpaired) electrons. The molecule has 1 saturated carbocycles. The third-order valence-corrected chi connectivity index (χ3v) is 6.48. The van der Waals surface area contributed by atoms with Gasteiger partial charge in [0.1, 0.15) is 5.60 Å². The molecule has 5 atom stereocenters. The number of carbonyl (C=O) groups is 3. The Morgan fingerprint density at radius 3 is 2.46 bits per heavy atom. The third kappa shape index (κ3) is 2.79. The number of esters is 1. The van der Waals surface area contributed by atoms with Crippen molar-refractivity contribution in [3.05, 3.63) is 11.6 Å². The standard InChI is InChI=1S/C20H30N2O4/c1-6-21(7-2)8-9-22-18(24)16-15-12(3)10-20(11-13(15)4,26-14(5)23)17(16)19(22)25/h10,13,15-17H,6-9,11H2,1-5H3/t13-,15-,16?,17?,20-/m1/s1. The van der Waals surface area contributed by atoms with E-state index in [1.807, 2.05) is 13.0 Å². The second-order valence-corrected chi connectivity index (χ2v) is 8.00. The topological polar surface area (TPSA) is 66.9 Å². The molecule has 26 heavy (non-hydrogen) atoms. The van der Waals surface area contributed by atoms with Gasteiger partial charge in [0.15, 0.2) is 0 Å². The number of ether oxygens (including phenoxy) is 1. The van der Waals surface area contributed by atoms with Crippen LogP contribution in [0.3, 0.4) is 0 Å². The summed E-state index contributed by atoms with van der Waals surface area (Å²) in [7, 11) is 0. The molecule has 1 saturated heterocycles. The van der Waals surface area contributed by atoms with Crippen molar-refractivity contribution in [2.24, 2.45) is 23.7 Å². The minimum atomic E-state index is -0.967. The van der Waals surface area contributed by atoms with Gasteiger partial charge in [0.2, 0.25) is 11.8 Å². The van der Waals surface area contributed by atoms with Crippen LogP contribution in [-0.4, -0.2) is 59.4 Å². The van der Waals surface area contributed by atoms with Crippen molar-refractivity contribution in [1.82, 2.24) is 9.80 Å². The van der Waals surface area contributed by atoms with Crippen LogP contribution in [0.5, 0.6) is 0 Å². The minimum absolute atomic E-state index is 0.0623. The van der Waals surface area contributed by atoms with E-state index in [-0.39, 0.29) is 23.7 Å². The number of nitrogens with zero attached hydrogens (tertiary/aromatic N) is 2. The molecule has 4 aliphatic rings. The molecule has 2 fully saturated rings. The van der Waals surface area contributed by atoms with Crippen LogP contribution in [0.4, 0.5) is 0 Å². The highest BCUT2D eigenvalue weighted by Gasteiger charge is 2.67. The van der Waals surface area contributed by atoms with Gasteiger partial charge in [0.25, 0.3) is 0 Å². The summed E-state index contributed by atoms with van der Waals surface area (Å²) in [4.78, 5) is 41.8. The van der Waals surface area contributed by atoms with Gasteiger partial charge in [-0.3, -0.25) is 19.3 Å². The van der Waals surface area contributed by atoms with Crippen molar-refractivity contribution < 1.29 is 19.1 Å². The van der Waals surface area contributed by atoms with E-state index in [4.69, 9.17) is 4.74 Å². The van der Waals surface area contributed by atoms with Gasteiger partial charge in [-0.2, -0.15) is 0 Å². The van der Waals surface area contributed by atoms with E-state index in [2.05, 4.69) is 25.7 Å². The predicted octanol–water partition coefficient (Wildman–Crippen LogP) is 1.85. The van der Waals surface area contributed by atoms with Gasteiger partial charge in [-0.25, -0.2) is 0 Å². The monoisotopic (exact) mass is 362 g/mol. The average molecular weight is 362 g/mol. The maximum absolute atomic E-state index is 13.2. The normalized spacial score (nSPS) is 35.8. The summed E-state index contributed by atoms with van der Waals surface area (Å²) in [6.07, 6.45) is 2.55. The van der Waals surface area contributed by atoms with E-state index < -0.39 is 23.4 Å². The van der Waals surface area contributed by atoms with Gasteiger partial charge in [-0.1, -0.05) is 26.3 Å². The summed E-state index contributed by atoms with van der Waals surface area (Å²) in [6, 6.07) is 0. The van der Waals surface area contributed by atoms with Crippen molar-refractivity contribution in [3.63, 3.8) is 0 Å². The SMILES string of the molecule is CCN(CC)CCN1C(=O)C2C(C1=O)[C@@]1(OC(C)=O)C=C(C)[C@@H]2[C@H](C)C1. The first kappa shape index (κ1) is 19.1. The smallest absolute Gasteiger partial charge is 0.303 e. The van der Waals surface area contributed by atoms with Crippen molar-refractivity contribution in [3.8, 4) is 0 Å². The fourth-order valence-corrected chi connectivity index (χ4v) is 5.50. The minimum Gasteiger partial charge on any atom is -0.454 e. The molecule has 2 amide bonds. The molecule has 1 aliphatic heterocycles. The van der Waals surface area contributed by atoms with Crippen LogP contribution in [0.15, 0.2) is 11.6 Å². The summed E-state index contributed by atoms with van der Waals surface area (Å²) < 4.78 is 5.73. The summed E-state index contributed by atoms with van der Waals surface area (Å²) in [6.45, 7) is 12.5. The maximum atomic E-state index is 13.2. The Hall–Kier alpha value is -1.69. The lowest BCUT2D eigenvalue weighted by atomic mass is 9.54. The lowest BCUT2D eigenvalue weighted by molar-refractivity contribution is -0.173. The van der Waals surface area contributed by atoms with Crippen LogP contribution < -0.4 is 0 Å². The molecular weight excluding hydrogens is 332 g/mol. The summed E-state index contributed by atoms with van der Waals surface area (Å²) in [5.41, 5.74) is 0.101. The van der Waals surface area contributed by atoms with E-state index >= 15 is 0 Å². The Morgan fingerprint density at radius 1 is 1.27 bits per heavy atom. The molecule has 4 rings (SSSR count). The lowest BCUT2D eigenvalue weighted by Gasteiger charge is -2.52. The van der Waals surface area contributed by atoms with Gasteiger partial charge in [0.05, 0.1) is 11.8 Å². The van der Waals surface area contributed by atoms with E-state index in [0.717, 1.165) is 18.7 Å². The number of rotatable bonds is 6. The van der Waals surface area contributed by atoms with Gasteiger partial charge >= 0.3 is 5.97 Å². The zero-order chi connectivity index (χ0) is 19.2. The number of likely N-dealkylation sites (tertiary alicyclic amines) is 1. The Kier molecular flexibility index (Phi) is 4.99. The zero-order valence-corrected chi connectivity index (χ0v) is 16.4. The fourth-order valence-electron chi connectivity index (χ4n) is 5.50. The first-order chi connectivity index (χ1) is 12.3. The summed E-state index contributed by atoms with van der Waals surface area (Å²) >= 11 is 0. The molecule has 0 aromatic carbocycles. The van der Waals surface area contributed by atoms with Crippen molar-refractivity contribution in [2.45, 2.75) is 46.6 Å². The molecule has 6 heteroatoms. The van der Waals surface area contributed by atoms with Crippen LogP contribution in [0, 0.1) is 23.7 Å². The number of hydrogen-bond acceptors (Lipinski definition) is 5. The Bertz CT molecular complexity index is 654. The molecule has 2 unspecified atom stereocenters. The molecule has 0 N–H and O–H groups in total. The van der Waals surface area contributed by atoms with Crippen molar-refractivity contribution in [2.75, 3.05) is 26.2 Å². The van der Waals surface area contributed by atoms with E-state index in [1.54, 1.807) is 0 Å². The second-order valence-electron chi connectivity index (χ2n) is 8.00. The molecule has 0 aromatic rings. The highest BCUT2D eigenvalue weighted by Crippen LogP contribution is 2.58. The Labute approximate surface area is 155 Å². The Morgan fingerprint density at radius 2 is 1.92 bits per heavy atom. The van der Waals surface area contributed by atoms with Crippen LogP contribution in [0.25, 0.3) is 0 Å². The quantitative estimate of drug-likeness (QED) is 0.410.